The molecule has 0 bridgehead atoms. The van der Waals surface area contributed by atoms with E-state index >= 15 is 0 Å². The number of aryl methyl sites for hydroxylation is 3. The number of rotatable bonds is 6. The van der Waals surface area contributed by atoms with Crippen LogP contribution in [0.25, 0.3) is 21.8 Å². The molecule has 5 heteroatoms. The third-order valence-electron chi connectivity index (χ3n) is 7.17. The van der Waals surface area contributed by atoms with Crippen LogP contribution in [0.5, 0.6) is 0 Å². The molecule has 170 valence electrons. The number of fused-ring (bicyclic) bond motifs is 3. The van der Waals surface area contributed by atoms with Gasteiger partial charge in [-0.3, -0.25) is 9.88 Å². The zero-order chi connectivity index (χ0) is 22.9. The largest absolute Gasteiger partial charge is 0.395 e. The Morgan fingerprint density at radius 3 is 2.64 bits per heavy atom. The van der Waals surface area contributed by atoms with Crippen LogP contribution in [0.2, 0.25) is 0 Å². The summed E-state index contributed by atoms with van der Waals surface area (Å²) in [6, 6.07) is 18.1. The summed E-state index contributed by atoms with van der Waals surface area (Å²) in [6.45, 7) is 5.63. The standard InChI is InChI=1S/C28H32N4O/c1-18-5-12-24-25-15-21(16-30-27(25)28(29)31-26(24)14-18)7-6-20-8-10-22(11-9-20)19(2)32-13-3-4-23(32)17-33/h5,8-12,14-16,19,23,33H,3-4,6-7,13,17H2,1-2H3,(H2,29,31)/t19?,23-/m1/s1. The molecule has 2 aromatic carbocycles. The molecule has 0 radical (unpaired) electrons. The smallest absolute Gasteiger partial charge is 0.150 e. The Bertz CT molecular complexity index is 1280. The van der Waals surface area contributed by atoms with E-state index in [1.165, 1.54) is 28.7 Å². The van der Waals surface area contributed by atoms with E-state index in [4.69, 9.17) is 5.73 Å². The van der Waals surface area contributed by atoms with Gasteiger partial charge in [-0.1, -0.05) is 36.4 Å². The molecule has 0 saturated carbocycles. The topological polar surface area (TPSA) is 75.3 Å². The highest BCUT2D eigenvalue weighted by molar-refractivity contribution is 6.08. The minimum absolute atomic E-state index is 0.249. The highest BCUT2D eigenvalue weighted by Crippen LogP contribution is 2.30. The first kappa shape index (κ1) is 21.8. The molecule has 1 aliphatic heterocycles. The molecule has 1 saturated heterocycles. The normalized spacial score (nSPS) is 17.7. The number of pyridine rings is 2. The number of hydrogen-bond acceptors (Lipinski definition) is 5. The van der Waals surface area contributed by atoms with Crippen molar-refractivity contribution in [3.05, 3.63) is 77.0 Å². The number of likely N-dealkylation sites (tertiary alicyclic amines) is 1. The first-order chi connectivity index (χ1) is 16.0. The van der Waals surface area contributed by atoms with Gasteiger partial charge in [0.05, 0.1) is 12.1 Å². The monoisotopic (exact) mass is 440 g/mol. The van der Waals surface area contributed by atoms with Gasteiger partial charge in [-0.25, -0.2) is 4.98 Å². The zero-order valence-corrected chi connectivity index (χ0v) is 19.5. The molecule has 0 spiro atoms. The highest BCUT2D eigenvalue weighted by Gasteiger charge is 2.28. The van der Waals surface area contributed by atoms with E-state index in [1.54, 1.807) is 0 Å². The summed E-state index contributed by atoms with van der Waals surface area (Å²) in [7, 11) is 0. The van der Waals surface area contributed by atoms with E-state index in [0.29, 0.717) is 17.9 Å². The van der Waals surface area contributed by atoms with Crippen molar-refractivity contribution in [3.8, 4) is 0 Å². The lowest BCUT2D eigenvalue weighted by Gasteiger charge is -2.30. The molecule has 0 amide bonds. The van der Waals surface area contributed by atoms with Gasteiger partial charge in [0.15, 0.2) is 5.82 Å². The van der Waals surface area contributed by atoms with Crippen LogP contribution in [0.1, 0.15) is 48.1 Å². The summed E-state index contributed by atoms with van der Waals surface area (Å²) in [6.07, 6.45) is 6.08. The van der Waals surface area contributed by atoms with E-state index in [2.05, 4.69) is 77.2 Å². The Morgan fingerprint density at radius 2 is 1.85 bits per heavy atom. The van der Waals surface area contributed by atoms with E-state index in [1.807, 2.05) is 6.20 Å². The van der Waals surface area contributed by atoms with E-state index in [9.17, 15) is 5.11 Å². The molecule has 3 heterocycles. The number of anilines is 1. The summed E-state index contributed by atoms with van der Waals surface area (Å²) in [5.74, 6) is 0.487. The van der Waals surface area contributed by atoms with Crippen LogP contribution >= 0.6 is 0 Å². The fourth-order valence-corrected chi connectivity index (χ4v) is 5.21. The molecular formula is C28H32N4O. The zero-order valence-electron chi connectivity index (χ0n) is 19.5. The maximum Gasteiger partial charge on any atom is 0.150 e. The molecule has 3 N–H and O–H groups in total. The second kappa shape index (κ2) is 9.08. The Kier molecular flexibility index (Phi) is 6.00. The minimum atomic E-state index is 0.249. The molecule has 4 aromatic rings. The third kappa shape index (κ3) is 4.31. The fraction of sp³-hybridized carbons (Fsp3) is 0.357. The van der Waals surface area contributed by atoms with Gasteiger partial charge >= 0.3 is 0 Å². The van der Waals surface area contributed by atoms with Gasteiger partial charge in [0.1, 0.15) is 5.52 Å². The van der Waals surface area contributed by atoms with Crippen LogP contribution < -0.4 is 5.73 Å². The number of hydrogen-bond donors (Lipinski definition) is 2. The van der Waals surface area contributed by atoms with E-state index in [-0.39, 0.29) is 6.61 Å². The summed E-state index contributed by atoms with van der Waals surface area (Å²) >= 11 is 0. The molecule has 1 unspecified atom stereocenters. The lowest BCUT2D eigenvalue weighted by molar-refractivity contribution is 0.126. The molecule has 5 rings (SSSR count). The molecule has 1 aliphatic rings. The number of nitrogens with two attached hydrogens (primary N) is 1. The molecule has 33 heavy (non-hydrogen) atoms. The van der Waals surface area contributed by atoms with Gasteiger partial charge in [0.25, 0.3) is 0 Å². The summed E-state index contributed by atoms with van der Waals surface area (Å²) in [5.41, 5.74) is 12.9. The van der Waals surface area contributed by atoms with Gasteiger partial charge in [0.2, 0.25) is 0 Å². The SMILES string of the molecule is Cc1ccc2c(c1)nc(N)c1ncc(CCc3ccc(C(C)N4CCC[C@@H]4CO)cc3)cc12. The Labute approximate surface area is 195 Å². The van der Waals surface area contributed by atoms with Gasteiger partial charge in [-0.05, 0) is 80.5 Å². The molecule has 2 atom stereocenters. The van der Waals surface area contributed by atoms with Crippen LogP contribution in [0.15, 0.2) is 54.7 Å². The van der Waals surface area contributed by atoms with Crippen molar-refractivity contribution in [2.24, 2.45) is 0 Å². The summed E-state index contributed by atoms with van der Waals surface area (Å²) in [5, 5.41) is 11.8. The average Bonchev–Trinajstić information content (AvgIpc) is 3.31. The van der Waals surface area contributed by atoms with Gasteiger partial charge < -0.3 is 10.8 Å². The predicted octanol–water partition coefficient (Wildman–Crippen LogP) is 4.98. The lowest BCUT2D eigenvalue weighted by atomic mass is 9.99. The molecule has 0 aliphatic carbocycles. The number of aliphatic hydroxyl groups excluding tert-OH is 1. The predicted molar refractivity (Wildman–Crippen MR) is 135 cm³/mol. The van der Waals surface area contributed by atoms with Crippen molar-refractivity contribution in [2.75, 3.05) is 18.9 Å². The number of aromatic nitrogens is 2. The summed E-state index contributed by atoms with van der Waals surface area (Å²) in [4.78, 5) is 11.6. The summed E-state index contributed by atoms with van der Waals surface area (Å²) < 4.78 is 0. The van der Waals surface area contributed by atoms with Crippen molar-refractivity contribution in [3.63, 3.8) is 0 Å². The number of benzene rings is 2. The second-order valence-electron chi connectivity index (χ2n) is 9.39. The maximum absolute atomic E-state index is 9.65. The van der Waals surface area contributed by atoms with Crippen molar-refractivity contribution < 1.29 is 5.11 Å². The van der Waals surface area contributed by atoms with Crippen LogP contribution in [0, 0.1) is 6.92 Å². The van der Waals surface area contributed by atoms with Gasteiger partial charge in [-0.15, -0.1) is 0 Å². The minimum Gasteiger partial charge on any atom is -0.395 e. The fourth-order valence-electron chi connectivity index (χ4n) is 5.21. The maximum atomic E-state index is 9.65. The molecule has 1 fully saturated rings. The van der Waals surface area contributed by atoms with Gasteiger partial charge in [0, 0.05) is 29.1 Å². The molecule has 2 aromatic heterocycles. The van der Waals surface area contributed by atoms with Crippen molar-refractivity contribution >= 4 is 27.6 Å². The Hall–Kier alpha value is -3.02. The van der Waals surface area contributed by atoms with Crippen molar-refractivity contribution in [1.82, 2.24) is 14.9 Å². The van der Waals surface area contributed by atoms with E-state index < -0.39 is 0 Å². The Balaban J connectivity index is 1.33. The first-order valence-electron chi connectivity index (χ1n) is 11.9. The van der Waals surface area contributed by atoms with Gasteiger partial charge in [-0.2, -0.15) is 0 Å². The van der Waals surface area contributed by atoms with Crippen LogP contribution in [-0.4, -0.2) is 39.2 Å². The quantitative estimate of drug-likeness (QED) is 0.414. The van der Waals surface area contributed by atoms with Crippen LogP contribution in [0.3, 0.4) is 0 Å². The number of aliphatic hydroxyl groups is 1. The van der Waals surface area contributed by atoms with Crippen molar-refractivity contribution in [1.29, 1.82) is 0 Å². The third-order valence-corrected chi connectivity index (χ3v) is 7.17. The van der Waals surface area contributed by atoms with E-state index in [0.717, 1.165) is 47.6 Å². The first-order valence-corrected chi connectivity index (χ1v) is 11.9. The lowest BCUT2D eigenvalue weighted by Crippen LogP contribution is -2.34. The number of nitrogens with zero attached hydrogens (tertiary/aromatic N) is 3. The van der Waals surface area contributed by atoms with Crippen LogP contribution in [0.4, 0.5) is 5.82 Å². The number of nitrogen functional groups attached to an aromatic ring is 1. The van der Waals surface area contributed by atoms with Crippen molar-refractivity contribution in [2.45, 2.75) is 51.6 Å². The second-order valence-corrected chi connectivity index (χ2v) is 9.39. The highest BCUT2D eigenvalue weighted by atomic mass is 16.3. The molecular weight excluding hydrogens is 408 g/mol. The average molecular weight is 441 g/mol. The Morgan fingerprint density at radius 1 is 1.06 bits per heavy atom. The van der Waals surface area contributed by atoms with Crippen LogP contribution in [-0.2, 0) is 12.8 Å². The molecule has 5 nitrogen and oxygen atoms in total.